The van der Waals surface area contributed by atoms with Crippen LogP contribution in [0.25, 0.3) is 0 Å². The van der Waals surface area contributed by atoms with Crippen LogP contribution in [-0.2, 0) is 6.54 Å². The second kappa shape index (κ2) is 8.50. The van der Waals surface area contributed by atoms with Crippen molar-refractivity contribution in [3.05, 3.63) is 94.6 Å². The third kappa shape index (κ3) is 4.61. The predicted molar refractivity (Wildman–Crippen MR) is 105 cm³/mol. The molecule has 1 amide bonds. The van der Waals surface area contributed by atoms with Gasteiger partial charge in [0.25, 0.3) is 5.91 Å². The van der Waals surface area contributed by atoms with Gasteiger partial charge in [-0.25, -0.2) is 4.98 Å². The quantitative estimate of drug-likeness (QED) is 0.657. The maximum absolute atomic E-state index is 12.5. The van der Waals surface area contributed by atoms with Gasteiger partial charge in [-0.3, -0.25) is 4.79 Å². The number of nitrogens with one attached hydrogen (secondary N) is 2. The van der Waals surface area contributed by atoms with E-state index in [9.17, 15) is 4.79 Å². The minimum atomic E-state index is -0.135. The van der Waals surface area contributed by atoms with Crippen LogP contribution in [0.15, 0.2) is 72.9 Å². The molecule has 5 heteroatoms. The first-order valence-electron chi connectivity index (χ1n) is 8.42. The van der Waals surface area contributed by atoms with E-state index in [1.807, 2.05) is 61.5 Å². The summed E-state index contributed by atoms with van der Waals surface area (Å²) >= 11 is 6.16. The van der Waals surface area contributed by atoms with E-state index in [1.165, 1.54) is 0 Å². The molecule has 1 atom stereocenters. The standard InChI is InChI=1S/C21H20ClN3O/c1-15(16-7-3-2-4-8-16)25-21(26)17-11-12-23-20(13-17)24-14-18-9-5-6-10-19(18)22/h2-13,15H,14H2,1H3,(H,23,24)(H,25,26). The lowest BCUT2D eigenvalue weighted by Crippen LogP contribution is -2.26. The molecule has 1 unspecified atom stereocenters. The molecular formula is C21H20ClN3O. The van der Waals surface area contributed by atoms with Crippen LogP contribution in [0.4, 0.5) is 5.82 Å². The molecule has 2 aromatic carbocycles. The van der Waals surface area contributed by atoms with Crippen LogP contribution in [0.1, 0.15) is 34.5 Å². The fourth-order valence-corrected chi connectivity index (χ4v) is 2.80. The molecule has 0 saturated carbocycles. The first-order valence-corrected chi connectivity index (χ1v) is 8.80. The molecule has 2 N–H and O–H groups in total. The molecule has 132 valence electrons. The number of anilines is 1. The molecule has 0 spiro atoms. The minimum Gasteiger partial charge on any atom is -0.366 e. The highest BCUT2D eigenvalue weighted by Gasteiger charge is 2.12. The van der Waals surface area contributed by atoms with Crippen LogP contribution >= 0.6 is 11.6 Å². The zero-order chi connectivity index (χ0) is 18.4. The average Bonchev–Trinajstić information content (AvgIpc) is 2.68. The summed E-state index contributed by atoms with van der Waals surface area (Å²) in [5.41, 5.74) is 2.60. The maximum atomic E-state index is 12.5. The van der Waals surface area contributed by atoms with Crippen LogP contribution < -0.4 is 10.6 Å². The van der Waals surface area contributed by atoms with E-state index in [0.717, 1.165) is 11.1 Å². The Morgan fingerprint density at radius 1 is 1.08 bits per heavy atom. The highest BCUT2D eigenvalue weighted by Crippen LogP contribution is 2.17. The first-order chi connectivity index (χ1) is 12.6. The predicted octanol–water partition coefficient (Wildman–Crippen LogP) is 4.84. The van der Waals surface area contributed by atoms with Gasteiger partial charge in [-0.2, -0.15) is 0 Å². The molecule has 0 aliphatic carbocycles. The molecule has 0 bridgehead atoms. The smallest absolute Gasteiger partial charge is 0.251 e. The van der Waals surface area contributed by atoms with Gasteiger partial charge in [-0.05, 0) is 36.2 Å². The number of hydrogen-bond acceptors (Lipinski definition) is 3. The number of rotatable bonds is 6. The second-order valence-corrected chi connectivity index (χ2v) is 6.39. The maximum Gasteiger partial charge on any atom is 0.251 e. The Kier molecular flexibility index (Phi) is 5.87. The van der Waals surface area contributed by atoms with E-state index < -0.39 is 0 Å². The van der Waals surface area contributed by atoms with E-state index >= 15 is 0 Å². The van der Waals surface area contributed by atoms with Gasteiger partial charge in [0, 0.05) is 23.3 Å². The van der Waals surface area contributed by atoms with Crippen molar-refractivity contribution in [3.8, 4) is 0 Å². The van der Waals surface area contributed by atoms with Crippen LogP contribution in [0.3, 0.4) is 0 Å². The molecule has 3 aromatic rings. The molecule has 3 rings (SSSR count). The van der Waals surface area contributed by atoms with E-state index in [4.69, 9.17) is 11.6 Å². The van der Waals surface area contributed by atoms with Gasteiger partial charge in [0.05, 0.1) is 6.04 Å². The van der Waals surface area contributed by atoms with Crippen LogP contribution in [-0.4, -0.2) is 10.9 Å². The fourth-order valence-electron chi connectivity index (χ4n) is 2.60. The van der Waals surface area contributed by atoms with Gasteiger partial charge in [-0.1, -0.05) is 60.1 Å². The van der Waals surface area contributed by atoms with E-state index in [0.29, 0.717) is 22.9 Å². The van der Waals surface area contributed by atoms with Gasteiger partial charge in [0.15, 0.2) is 0 Å². The lowest BCUT2D eigenvalue weighted by Gasteiger charge is -2.15. The lowest BCUT2D eigenvalue weighted by molar-refractivity contribution is 0.0940. The molecule has 4 nitrogen and oxygen atoms in total. The van der Waals surface area contributed by atoms with Gasteiger partial charge >= 0.3 is 0 Å². The van der Waals surface area contributed by atoms with Gasteiger partial charge in [-0.15, -0.1) is 0 Å². The molecule has 0 aliphatic rings. The van der Waals surface area contributed by atoms with Crippen molar-refractivity contribution >= 4 is 23.3 Å². The van der Waals surface area contributed by atoms with Crippen molar-refractivity contribution in [2.75, 3.05) is 5.32 Å². The normalized spacial score (nSPS) is 11.6. The zero-order valence-corrected chi connectivity index (χ0v) is 15.2. The Morgan fingerprint density at radius 2 is 1.81 bits per heavy atom. The van der Waals surface area contributed by atoms with E-state index in [2.05, 4.69) is 15.6 Å². The summed E-state index contributed by atoms with van der Waals surface area (Å²) in [7, 11) is 0. The van der Waals surface area contributed by atoms with Crippen molar-refractivity contribution in [1.82, 2.24) is 10.3 Å². The van der Waals surface area contributed by atoms with Crippen LogP contribution in [0, 0.1) is 0 Å². The van der Waals surface area contributed by atoms with Crippen LogP contribution in [0.5, 0.6) is 0 Å². The molecule has 1 heterocycles. The summed E-state index contributed by atoms with van der Waals surface area (Å²) in [6.45, 7) is 2.50. The topological polar surface area (TPSA) is 54.0 Å². The number of pyridine rings is 1. The highest BCUT2D eigenvalue weighted by molar-refractivity contribution is 6.31. The van der Waals surface area contributed by atoms with Crippen molar-refractivity contribution in [1.29, 1.82) is 0 Å². The monoisotopic (exact) mass is 365 g/mol. The van der Waals surface area contributed by atoms with E-state index in [-0.39, 0.29) is 11.9 Å². The average molecular weight is 366 g/mol. The molecule has 26 heavy (non-hydrogen) atoms. The number of halogens is 1. The largest absolute Gasteiger partial charge is 0.366 e. The summed E-state index contributed by atoms with van der Waals surface area (Å²) in [6, 6.07) is 20.9. The zero-order valence-electron chi connectivity index (χ0n) is 14.4. The SMILES string of the molecule is CC(NC(=O)c1ccnc(NCc2ccccc2Cl)c1)c1ccccc1. The number of nitrogens with zero attached hydrogens (tertiary/aromatic N) is 1. The number of aromatic nitrogens is 1. The molecule has 0 fully saturated rings. The Labute approximate surface area is 158 Å². The summed E-state index contributed by atoms with van der Waals surface area (Å²) in [4.78, 5) is 16.8. The van der Waals surface area contributed by atoms with Crippen LogP contribution in [0.2, 0.25) is 5.02 Å². The Bertz CT molecular complexity index is 883. The number of amides is 1. The summed E-state index contributed by atoms with van der Waals surface area (Å²) in [6.07, 6.45) is 1.62. The summed E-state index contributed by atoms with van der Waals surface area (Å²) in [5, 5.41) is 6.91. The minimum absolute atomic E-state index is 0.0728. The van der Waals surface area contributed by atoms with Gasteiger partial charge in [0.1, 0.15) is 5.82 Å². The molecule has 0 radical (unpaired) electrons. The summed E-state index contributed by atoms with van der Waals surface area (Å²) < 4.78 is 0. The number of carbonyl (C=O) groups is 1. The first kappa shape index (κ1) is 18.0. The third-order valence-electron chi connectivity index (χ3n) is 4.09. The van der Waals surface area contributed by atoms with Gasteiger partial charge < -0.3 is 10.6 Å². The van der Waals surface area contributed by atoms with Crippen molar-refractivity contribution in [3.63, 3.8) is 0 Å². The second-order valence-electron chi connectivity index (χ2n) is 5.98. The molecule has 1 aromatic heterocycles. The van der Waals surface area contributed by atoms with Gasteiger partial charge in [0.2, 0.25) is 0 Å². The fraction of sp³-hybridized carbons (Fsp3) is 0.143. The Hall–Kier alpha value is -2.85. The Morgan fingerprint density at radius 3 is 2.58 bits per heavy atom. The molecule has 0 aliphatic heterocycles. The summed E-state index contributed by atoms with van der Waals surface area (Å²) in [5.74, 6) is 0.495. The third-order valence-corrected chi connectivity index (χ3v) is 4.46. The molecule has 0 saturated heterocycles. The lowest BCUT2D eigenvalue weighted by atomic mass is 10.1. The van der Waals surface area contributed by atoms with E-state index in [1.54, 1.807) is 18.3 Å². The van der Waals surface area contributed by atoms with Crippen molar-refractivity contribution in [2.45, 2.75) is 19.5 Å². The van der Waals surface area contributed by atoms with Crippen molar-refractivity contribution < 1.29 is 4.79 Å². The number of hydrogen-bond donors (Lipinski definition) is 2. The number of benzene rings is 2. The Balaban J connectivity index is 1.65. The molecular weight excluding hydrogens is 346 g/mol. The number of carbonyl (C=O) groups excluding carboxylic acids is 1. The van der Waals surface area contributed by atoms with Crippen molar-refractivity contribution in [2.24, 2.45) is 0 Å². The highest BCUT2D eigenvalue weighted by atomic mass is 35.5.